The second kappa shape index (κ2) is 7.38. The molecule has 5 nitrogen and oxygen atoms in total. The van der Waals surface area contributed by atoms with Crippen molar-refractivity contribution < 1.29 is 27.4 Å². The van der Waals surface area contributed by atoms with Gasteiger partial charge in [0.25, 0.3) is 0 Å². The molecule has 0 saturated carbocycles. The van der Waals surface area contributed by atoms with E-state index in [0.717, 1.165) is 6.07 Å². The van der Waals surface area contributed by atoms with E-state index in [1.54, 1.807) is 6.08 Å². The minimum Gasteiger partial charge on any atom is -0.378 e. The van der Waals surface area contributed by atoms with E-state index in [9.17, 15) is 18.0 Å². The fraction of sp³-hybridized carbons (Fsp3) is 0.333. The van der Waals surface area contributed by atoms with Crippen LogP contribution in [0.25, 0.3) is 5.57 Å². The number of hydrogen-bond acceptors (Lipinski definition) is 4. The summed E-state index contributed by atoms with van der Waals surface area (Å²) < 4.78 is 50.1. The number of ether oxygens (including phenoxy) is 2. The van der Waals surface area contributed by atoms with Gasteiger partial charge in [-0.25, -0.2) is 5.43 Å². The van der Waals surface area contributed by atoms with Crippen LogP contribution in [0, 0.1) is 0 Å². The summed E-state index contributed by atoms with van der Waals surface area (Å²) in [5.41, 5.74) is 2.29. The topological polar surface area (TPSA) is 59.9 Å². The number of halogens is 3. The number of nitrogens with one attached hydrogen (secondary N) is 1. The Kier molecular flexibility index (Phi) is 5.51. The molecule has 0 atom stereocenters. The summed E-state index contributed by atoms with van der Waals surface area (Å²) in [5.74, 6) is 0. The first kappa shape index (κ1) is 17.2. The van der Waals surface area contributed by atoms with Crippen LogP contribution < -0.4 is 5.43 Å². The molecule has 1 amide bonds. The van der Waals surface area contributed by atoms with Crippen molar-refractivity contribution in [3.05, 3.63) is 41.0 Å². The average Bonchev–Trinajstić information content (AvgIpc) is 3.04. The molecule has 0 spiro atoms. The highest BCUT2D eigenvalue weighted by atomic mass is 19.4. The van der Waals surface area contributed by atoms with Crippen LogP contribution >= 0.6 is 0 Å². The van der Waals surface area contributed by atoms with E-state index in [0.29, 0.717) is 18.6 Å². The summed E-state index contributed by atoms with van der Waals surface area (Å²) in [7, 11) is 1.39. The van der Waals surface area contributed by atoms with E-state index in [4.69, 9.17) is 9.47 Å². The number of nitrogens with zero attached hydrogens (tertiary/aromatic N) is 1. The molecule has 0 bridgehead atoms. The van der Waals surface area contributed by atoms with Gasteiger partial charge in [0, 0.05) is 12.7 Å². The summed E-state index contributed by atoms with van der Waals surface area (Å²) in [6.07, 6.45) is -2.57. The van der Waals surface area contributed by atoms with Gasteiger partial charge in [-0.05, 0) is 17.2 Å². The van der Waals surface area contributed by atoms with Crippen LogP contribution in [-0.2, 0) is 20.4 Å². The van der Waals surface area contributed by atoms with Crippen LogP contribution in [-0.4, -0.2) is 39.1 Å². The van der Waals surface area contributed by atoms with Crippen molar-refractivity contribution in [3.8, 4) is 0 Å². The Labute approximate surface area is 130 Å². The van der Waals surface area contributed by atoms with E-state index >= 15 is 0 Å². The molecule has 0 fully saturated rings. The van der Waals surface area contributed by atoms with Gasteiger partial charge in [0.2, 0.25) is 6.41 Å². The summed E-state index contributed by atoms with van der Waals surface area (Å²) in [6, 6.07) is 3.89. The maximum absolute atomic E-state index is 13.4. The zero-order valence-electron chi connectivity index (χ0n) is 12.3. The minimum absolute atomic E-state index is 0.0384. The summed E-state index contributed by atoms with van der Waals surface area (Å²) >= 11 is 0. The van der Waals surface area contributed by atoms with Crippen molar-refractivity contribution in [2.45, 2.75) is 6.18 Å². The Bertz CT molecular complexity index is 639. The van der Waals surface area contributed by atoms with Gasteiger partial charge in [-0.15, -0.1) is 0 Å². The lowest BCUT2D eigenvalue weighted by atomic mass is 9.96. The van der Waals surface area contributed by atoms with Crippen LogP contribution in [0.5, 0.6) is 0 Å². The molecule has 0 aromatic heterocycles. The van der Waals surface area contributed by atoms with Crippen LogP contribution in [0.15, 0.2) is 29.4 Å². The smallest absolute Gasteiger partial charge is 0.378 e. The van der Waals surface area contributed by atoms with E-state index < -0.39 is 11.7 Å². The second-order valence-electron chi connectivity index (χ2n) is 4.74. The molecule has 1 aromatic carbocycles. The maximum atomic E-state index is 13.4. The van der Waals surface area contributed by atoms with Crippen molar-refractivity contribution in [2.75, 3.05) is 26.9 Å². The quantitative estimate of drug-likeness (QED) is 0.495. The predicted molar refractivity (Wildman–Crippen MR) is 77.9 cm³/mol. The third kappa shape index (κ3) is 4.17. The molecular formula is C15H15F3N2O3. The zero-order chi connectivity index (χ0) is 16.9. The Balaban J connectivity index is 2.49. The number of benzene rings is 1. The van der Waals surface area contributed by atoms with Crippen LogP contribution in [0.1, 0.15) is 16.7 Å². The van der Waals surface area contributed by atoms with Crippen molar-refractivity contribution in [2.24, 2.45) is 5.10 Å². The number of hydrogen-bond donors (Lipinski definition) is 1. The molecule has 124 valence electrons. The van der Waals surface area contributed by atoms with Crippen molar-refractivity contribution in [1.29, 1.82) is 0 Å². The maximum Gasteiger partial charge on any atom is 0.417 e. The van der Waals surface area contributed by atoms with Crippen LogP contribution in [0.4, 0.5) is 13.2 Å². The Morgan fingerprint density at radius 3 is 2.83 bits per heavy atom. The van der Waals surface area contributed by atoms with E-state index in [-0.39, 0.29) is 30.1 Å². The molecule has 1 heterocycles. The lowest BCUT2D eigenvalue weighted by Gasteiger charge is -2.16. The second-order valence-corrected chi connectivity index (χ2v) is 4.74. The number of methoxy groups -OCH3 is 1. The highest BCUT2D eigenvalue weighted by molar-refractivity contribution is 6.02. The third-order valence-corrected chi connectivity index (χ3v) is 3.24. The zero-order valence-corrected chi connectivity index (χ0v) is 12.3. The van der Waals surface area contributed by atoms with Crippen molar-refractivity contribution >= 4 is 17.7 Å². The molecule has 0 aliphatic carbocycles. The number of amides is 1. The first-order valence-electron chi connectivity index (χ1n) is 6.70. The van der Waals surface area contributed by atoms with Gasteiger partial charge in [0.15, 0.2) is 0 Å². The summed E-state index contributed by atoms with van der Waals surface area (Å²) in [5, 5.41) is 3.72. The normalized spacial score (nSPS) is 15.5. The van der Waals surface area contributed by atoms with Gasteiger partial charge < -0.3 is 9.47 Å². The minimum atomic E-state index is -4.52. The highest BCUT2D eigenvalue weighted by Crippen LogP contribution is 2.36. The predicted octanol–water partition coefficient (Wildman–Crippen LogP) is 2.22. The fourth-order valence-corrected chi connectivity index (χ4v) is 2.23. The molecule has 8 heteroatoms. The lowest BCUT2D eigenvalue weighted by Crippen LogP contribution is -2.17. The SMILES string of the molecule is COC/C(=N\NC=O)c1ccc(C2=CCOC2)c(C(F)(F)F)c1. The number of carbonyl (C=O) groups is 1. The lowest BCUT2D eigenvalue weighted by molar-refractivity contribution is -0.137. The van der Waals surface area contributed by atoms with Crippen molar-refractivity contribution in [1.82, 2.24) is 5.43 Å². The average molecular weight is 328 g/mol. The van der Waals surface area contributed by atoms with Gasteiger partial charge in [0.05, 0.1) is 31.1 Å². The van der Waals surface area contributed by atoms with E-state index in [1.807, 2.05) is 0 Å². The van der Waals surface area contributed by atoms with E-state index in [2.05, 4.69) is 10.5 Å². The number of alkyl halides is 3. The fourth-order valence-electron chi connectivity index (χ4n) is 2.23. The highest BCUT2D eigenvalue weighted by Gasteiger charge is 2.35. The van der Waals surface area contributed by atoms with Crippen molar-refractivity contribution in [3.63, 3.8) is 0 Å². The molecule has 1 N–H and O–H groups in total. The molecule has 1 aliphatic heterocycles. The van der Waals surface area contributed by atoms with Gasteiger partial charge >= 0.3 is 6.18 Å². The molecule has 0 radical (unpaired) electrons. The molecule has 2 rings (SSSR count). The molecule has 23 heavy (non-hydrogen) atoms. The van der Waals surface area contributed by atoms with Gasteiger partial charge in [0.1, 0.15) is 0 Å². The largest absolute Gasteiger partial charge is 0.417 e. The summed E-state index contributed by atoms with van der Waals surface area (Å²) in [6.45, 7) is 0.408. The molecule has 0 saturated heterocycles. The van der Waals surface area contributed by atoms with Gasteiger partial charge in [-0.1, -0.05) is 18.2 Å². The van der Waals surface area contributed by atoms with E-state index in [1.165, 1.54) is 19.2 Å². The Hall–Kier alpha value is -2.19. The molecular weight excluding hydrogens is 313 g/mol. The number of hydrazone groups is 1. The van der Waals surface area contributed by atoms with Crippen LogP contribution in [0.3, 0.4) is 0 Å². The first-order valence-corrected chi connectivity index (χ1v) is 6.70. The van der Waals surface area contributed by atoms with Gasteiger partial charge in [-0.3, -0.25) is 4.79 Å². The Morgan fingerprint density at radius 2 is 2.26 bits per heavy atom. The third-order valence-electron chi connectivity index (χ3n) is 3.24. The Morgan fingerprint density at radius 1 is 1.48 bits per heavy atom. The van der Waals surface area contributed by atoms with Gasteiger partial charge in [-0.2, -0.15) is 18.3 Å². The molecule has 1 aromatic rings. The van der Waals surface area contributed by atoms with Crippen LogP contribution in [0.2, 0.25) is 0 Å². The number of rotatable bonds is 6. The standard InChI is InChI=1S/C15H15F3N2O3/c1-22-8-14(20-19-9-21)10-2-3-12(11-4-5-23-7-11)13(6-10)15(16,17)18/h2-4,6,9H,5,7-8H2,1H3,(H,19,21)/b20-14+. The molecule has 1 aliphatic rings. The summed E-state index contributed by atoms with van der Waals surface area (Å²) in [4.78, 5) is 10.3. The first-order chi connectivity index (χ1) is 11.0. The number of carbonyl (C=O) groups excluding carboxylic acids is 1. The molecule has 0 unspecified atom stereocenters. The monoisotopic (exact) mass is 328 g/mol.